The van der Waals surface area contributed by atoms with E-state index in [0.717, 1.165) is 55.4 Å². The van der Waals surface area contributed by atoms with E-state index < -0.39 is 11.4 Å². The van der Waals surface area contributed by atoms with Gasteiger partial charge >= 0.3 is 0 Å². The Morgan fingerprint density at radius 2 is 1.91 bits per heavy atom. The van der Waals surface area contributed by atoms with E-state index in [2.05, 4.69) is 26.9 Å². The summed E-state index contributed by atoms with van der Waals surface area (Å²) in [5.74, 6) is 0.181. The number of fused-ring (bicyclic) bond motifs is 1. The highest BCUT2D eigenvalue weighted by Gasteiger charge is 2.35. The predicted molar refractivity (Wildman–Crippen MR) is 131 cm³/mol. The molecule has 1 saturated heterocycles. The third-order valence-corrected chi connectivity index (χ3v) is 8.88. The third kappa shape index (κ3) is 4.65. The average Bonchev–Trinajstić information content (AvgIpc) is 3.54. The third-order valence-electron chi connectivity index (χ3n) is 6.96. The van der Waals surface area contributed by atoms with E-state index in [-0.39, 0.29) is 5.91 Å². The average molecular weight is 461 g/mol. The van der Waals surface area contributed by atoms with E-state index in [4.69, 9.17) is 5.26 Å². The van der Waals surface area contributed by atoms with Crippen molar-refractivity contribution in [2.24, 2.45) is 0 Å². The number of H-pyrrole nitrogens is 1. The summed E-state index contributed by atoms with van der Waals surface area (Å²) in [4.78, 5) is 16.1. The normalized spacial score (nSPS) is 18.9. The Morgan fingerprint density at radius 3 is 2.67 bits per heavy atom. The van der Waals surface area contributed by atoms with Crippen molar-refractivity contribution in [3.63, 3.8) is 0 Å². The molecule has 6 nitrogen and oxygen atoms in total. The number of benzene rings is 2. The molecular weight excluding hydrogens is 432 g/mol. The number of piperidine rings is 1. The van der Waals surface area contributed by atoms with E-state index in [0.29, 0.717) is 22.3 Å². The van der Waals surface area contributed by atoms with Crippen molar-refractivity contribution in [2.45, 2.75) is 49.7 Å². The molecule has 5 rings (SSSR count). The monoisotopic (exact) mass is 460 g/mol. The Labute approximate surface area is 197 Å². The summed E-state index contributed by atoms with van der Waals surface area (Å²) in [6.07, 6.45) is 8.69. The van der Waals surface area contributed by atoms with Crippen LogP contribution < -0.4 is 5.32 Å². The number of nitriles is 1. The maximum Gasteiger partial charge on any atom is 0.255 e. The Balaban J connectivity index is 1.28. The first-order valence-corrected chi connectivity index (χ1v) is 12.9. The molecule has 1 aliphatic heterocycles. The van der Waals surface area contributed by atoms with E-state index in [1.807, 2.05) is 18.2 Å². The fourth-order valence-corrected chi connectivity index (χ4v) is 6.87. The Kier molecular flexibility index (Phi) is 6.41. The molecule has 2 heterocycles. The van der Waals surface area contributed by atoms with Crippen LogP contribution in [0.3, 0.4) is 0 Å². The number of carbonyl (C=O) groups is 1. The molecule has 0 radical (unpaired) electrons. The van der Waals surface area contributed by atoms with Crippen molar-refractivity contribution < 1.29 is 9.35 Å². The maximum atomic E-state index is 12.9. The molecule has 1 amide bonds. The van der Waals surface area contributed by atoms with Crippen LogP contribution in [0.4, 0.5) is 5.69 Å². The van der Waals surface area contributed by atoms with Crippen LogP contribution in [0.2, 0.25) is 0 Å². The summed E-state index contributed by atoms with van der Waals surface area (Å²) in [6.45, 7) is 1.73. The molecule has 33 heavy (non-hydrogen) atoms. The fraction of sp³-hybridized carbons (Fsp3) is 0.385. The Bertz CT molecular complexity index is 1190. The van der Waals surface area contributed by atoms with Crippen molar-refractivity contribution >= 4 is 33.9 Å². The van der Waals surface area contributed by atoms with Gasteiger partial charge in [0.05, 0.1) is 11.6 Å². The van der Waals surface area contributed by atoms with E-state index >= 15 is 0 Å². The van der Waals surface area contributed by atoms with Gasteiger partial charge in [-0.05, 0) is 86.4 Å². The quantitative estimate of drug-likeness (QED) is 0.519. The second-order valence-electron chi connectivity index (χ2n) is 9.04. The number of hydrogen-bond acceptors (Lipinski definition) is 4. The van der Waals surface area contributed by atoms with E-state index in [1.54, 1.807) is 24.3 Å². The lowest BCUT2D eigenvalue weighted by Crippen LogP contribution is -2.42. The number of anilines is 1. The zero-order chi connectivity index (χ0) is 22.8. The fourth-order valence-electron chi connectivity index (χ4n) is 5.14. The van der Waals surface area contributed by atoms with Gasteiger partial charge < -0.3 is 14.9 Å². The van der Waals surface area contributed by atoms with Crippen molar-refractivity contribution in [3.8, 4) is 6.07 Å². The van der Waals surface area contributed by atoms with Crippen molar-refractivity contribution in [2.75, 3.05) is 18.4 Å². The van der Waals surface area contributed by atoms with E-state index in [1.165, 1.54) is 18.4 Å². The van der Waals surface area contributed by atoms with Gasteiger partial charge in [0.1, 0.15) is 5.25 Å². The number of amides is 1. The van der Waals surface area contributed by atoms with Gasteiger partial charge in [-0.2, -0.15) is 5.26 Å². The van der Waals surface area contributed by atoms with Gasteiger partial charge in [0.15, 0.2) is 0 Å². The van der Waals surface area contributed by atoms with Crippen LogP contribution in [-0.4, -0.2) is 38.1 Å². The van der Waals surface area contributed by atoms with Gasteiger partial charge in [0.25, 0.3) is 5.91 Å². The molecule has 2 fully saturated rings. The number of hydrogen-bond donors (Lipinski definition) is 2. The Morgan fingerprint density at radius 1 is 1.12 bits per heavy atom. The molecule has 7 heteroatoms. The molecule has 1 atom stereocenters. The van der Waals surface area contributed by atoms with Crippen LogP contribution in [0.15, 0.2) is 48.7 Å². The first-order chi connectivity index (χ1) is 16.1. The molecule has 0 bridgehead atoms. The van der Waals surface area contributed by atoms with Crippen molar-refractivity contribution in [1.29, 1.82) is 5.26 Å². The van der Waals surface area contributed by atoms with Crippen LogP contribution in [-0.2, 0) is 11.4 Å². The number of aromatic nitrogens is 1. The Hall–Kier alpha value is -2.79. The van der Waals surface area contributed by atoms with Gasteiger partial charge in [0, 0.05) is 52.8 Å². The molecule has 2 N–H and O–H groups in total. The molecule has 1 saturated carbocycles. The number of aromatic amines is 1. The summed E-state index contributed by atoms with van der Waals surface area (Å²) in [7, 11) is 0. The molecule has 2 aliphatic rings. The highest BCUT2D eigenvalue weighted by atomic mass is 32.2. The topological polar surface area (TPSA) is 95.0 Å². The first-order valence-electron chi connectivity index (χ1n) is 11.7. The lowest BCUT2D eigenvalue weighted by Gasteiger charge is -2.34. The number of nitrogens with zero attached hydrogens (tertiary/aromatic N) is 2. The summed E-state index contributed by atoms with van der Waals surface area (Å²) in [5.41, 5.74) is 3.97. The van der Waals surface area contributed by atoms with Gasteiger partial charge in [-0.15, -0.1) is 4.31 Å². The minimum Gasteiger partial charge on any atom is -0.598 e. The maximum absolute atomic E-state index is 12.9. The molecular formula is C26H28N4O2S. The minimum absolute atomic E-state index is 0.230. The second-order valence-corrected chi connectivity index (χ2v) is 10.8. The van der Waals surface area contributed by atoms with Crippen LogP contribution in [0.5, 0.6) is 0 Å². The summed E-state index contributed by atoms with van der Waals surface area (Å²) in [6, 6.07) is 14.7. The minimum atomic E-state index is -0.844. The van der Waals surface area contributed by atoms with Crippen molar-refractivity contribution in [3.05, 3.63) is 65.4 Å². The molecule has 3 aromatic rings. The first kappa shape index (κ1) is 22.0. The lowest BCUT2D eigenvalue weighted by atomic mass is 9.90. The largest absolute Gasteiger partial charge is 0.598 e. The zero-order valence-corrected chi connectivity index (χ0v) is 19.4. The molecule has 2 aromatic carbocycles. The SMILES string of the molecule is N#Cc1cccc(C(=O)Nc2ccc3[nH]cc(C4CCN([S+]([O-])C5CCCC5)CC4)c3c2)c1. The smallest absolute Gasteiger partial charge is 0.255 e. The van der Waals surface area contributed by atoms with Crippen LogP contribution in [0, 0.1) is 11.3 Å². The summed E-state index contributed by atoms with van der Waals surface area (Å²) >= 11 is -0.844. The number of carbonyl (C=O) groups excluding carboxylic acids is 1. The molecule has 0 spiro atoms. The van der Waals surface area contributed by atoms with Crippen molar-refractivity contribution in [1.82, 2.24) is 9.29 Å². The summed E-state index contributed by atoms with van der Waals surface area (Å²) < 4.78 is 15.1. The van der Waals surface area contributed by atoms with Gasteiger partial charge in [-0.3, -0.25) is 4.79 Å². The van der Waals surface area contributed by atoms with Crippen LogP contribution in [0.1, 0.15) is 65.9 Å². The van der Waals surface area contributed by atoms with Gasteiger partial charge in [-0.1, -0.05) is 6.07 Å². The number of rotatable bonds is 5. The zero-order valence-electron chi connectivity index (χ0n) is 18.5. The van der Waals surface area contributed by atoms with Crippen LogP contribution >= 0.6 is 0 Å². The van der Waals surface area contributed by atoms with Gasteiger partial charge in [0.2, 0.25) is 0 Å². The van der Waals surface area contributed by atoms with Gasteiger partial charge in [-0.25, -0.2) is 0 Å². The number of nitrogens with one attached hydrogen (secondary N) is 2. The van der Waals surface area contributed by atoms with Crippen LogP contribution in [0.25, 0.3) is 10.9 Å². The molecule has 170 valence electrons. The highest BCUT2D eigenvalue weighted by molar-refractivity contribution is 7.89. The molecule has 1 aromatic heterocycles. The predicted octanol–water partition coefficient (Wildman–Crippen LogP) is 5.08. The lowest BCUT2D eigenvalue weighted by molar-refractivity contribution is 0.102. The standard InChI is InChI=1S/C26H28N4O2S/c27-16-18-4-3-5-20(14-18)26(31)29-21-8-9-25-23(15-21)24(17-28-25)19-10-12-30(13-11-19)33(32)22-6-1-2-7-22/h3-5,8-9,14-15,17,19,22,28H,1-2,6-7,10-13H2,(H,29,31). The van der Waals surface area contributed by atoms with E-state index in [9.17, 15) is 9.35 Å². The molecule has 1 aliphatic carbocycles. The highest BCUT2D eigenvalue weighted by Crippen LogP contribution is 2.36. The second kappa shape index (κ2) is 9.60. The molecule has 1 unspecified atom stereocenters. The summed E-state index contributed by atoms with van der Waals surface area (Å²) in [5, 5.41) is 13.5.